The van der Waals surface area contributed by atoms with Gasteiger partial charge in [-0.3, -0.25) is 0 Å². The van der Waals surface area contributed by atoms with E-state index in [0.29, 0.717) is 12.4 Å². The number of halogens is 1. The molecule has 0 heterocycles. The summed E-state index contributed by atoms with van der Waals surface area (Å²) in [7, 11) is 0. The summed E-state index contributed by atoms with van der Waals surface area (Å²) in [5.74, 6) is 0.0900. The second kappa shape index (κ2) is 5.30. The number of benzene rings is 1. The van der Waals surface area contributed by atoms with Crippen LogP contribution in [0.3, 0.4) is 0 Å². The van der Waals surface area contributed by atoms with Gasteiger partial charge in [-0.2, -0.15) is 0 Å². The van der Waals surface area contributed by atoms with Crippen molar-refractivity contribution in [3.8, 4) is 5.75 Å². The van der Waals surface area contributed by atoms with Gasteiger partial charge in [-0.25, -0.2) is 4.39 Å². The normalized spacial score (nSPS) is 15.1. The molecule has 1 saturated carbocycles. The van der Waals surface area contributed by atoms with Crippen molar-refractivity contribution in [2.24, 2.45) is 0 Å². The highest BCUT2D eigenvalue weighted by molar-refractivity contribution is 5.29. The zero-order chi connectivity index (χ0) is 11.4. The Balaban J connectivity index is 1.69. The molecule has 88 valence electrons. The molecule has 1 aliphatic carbocycles. The van der Waals surface area contributed by atoms with Crippen molar-refractivity contribution in [2.75, 3.05) is 13.2 Å². The minimum atomic E-state index is -0.277. The summed E-state index contributed by atoms with van der Waals surface area (Å²) in [4.78, 5) is 0. The fourth-order valence-electron chi connectivity index (χ4n) is 1.57. The number of hydrogen-bond acceptors (Lipinski definition) is 2. The molecule has 1 N–H and O–H groups in total. The van der Waals surface area contributed by atoms with Gasteiger partial charge in [0, 0.05) is 6.04 Å². The Bertz CT molecular complexity index is 350. The monoisotopic (exact) mass is 223 g/mol. The molecule has 0 saturated heterocycles. The summed E-state index contributed by atoms with van der Waals surface area (Å²) in [5, 5.41) is 3.40. The smallest absolute Gasteiger partial charge is 0.165 e. The number of nitrogens with one attached hydrogen (secondary N) is 1. The first-order valence-corrected chi connectivity index (χ1v) is 5.88. The zero-order valence-corrected chi connectivity index (χ0v) is 9.63. The minimum absolute atomic E-state index is 0.277. The average molecular weight is 223 g/mol. The summed E-state index contributed by atoms with van der Waals surface area (Å²) in [6.07, 6.45) is 3.52. The van der Waals surface area contributed by atoms with Crippen molar-refractivity contribution in [2.45, 2.75) is 32.2 Å². The highest BCUT2D eigenvalue weighted by Crippen LogP contribution is 2.19. The lowest BCUT2D eigenvalue weighted by atomic mass is 10.2. The molecule has 0 atom stereocenters. The molecule has 16 heavy (non-hydrogen) atoms. The van der Waals surface area contributed by atoms with Crippen molar-refractivity contribution in [1.29, 1.82) is 0 Å². The maximum absolute atomic E-state index is 13.3. The fraction of sp³-hybridized carbons (Fsp3) is 0.538. The third kappa shape index (κ3) is 3.49. The molecule has 2 nitrogen and oxygen atoms in total. The van der Waals surface area contributed by atoms with Gasteiger partial charge >= 0.3 is 0 Å². The van der Waals surface area contributed by atoms with Gasteiger partial charge in [0.05, 0.1) is 6.61 Å². The van der Waals surface area contributed by atoms with Crippen LogP contribution in [-0.2, 0) is 0 Å². The Hall–Kier alpha value is -1.09. The van der Waals surface area contributed by atoms with Gasteiger partial charge in [-0.05, 0) is 50.4 Å². The predicted octanol–water partition coefficient (Wildman–Crippen LogP) is 2.66. The van der Waals surface area contributed by atoms with Crippen LogP contribution in [-0.4, -0.2) is 19.2 Å². The van der Waals surface area contributed by atoms with Gasteiger partial charge in [0.25, 0.3) is 0 Å². The molecule has 0 spiro atoms. The SMILES string of the molecule is Cc1ccc(F)c(OCCCNC2CC2)c1. The van der Waals surface area contributed by atoms with Crippen LogP contribution >= 0.6 is 0 Å². The Kier molecular flexibility index (Phi) is 3.78. The lowest BCUT2D eigenvalue weighted by Gasteiger charge is -2.08. The molecule has 0 aliphatic heterocycles. The van der Waals surface area contributed by atoms with E-state index in [1.165, 1.54) is 18.9 Å². The van der Waals surface area contributed by atoms with E-state index in [4.69, 9.17) is 4.74 Å². The van der Waals surface area contributed by atoms with Crippen LogP contribution in [0.25, 0.3) is 0 Å². The van der Waals surface area contributed by atoms with E-state index in [1.54, 1.807) is 12.1 Å². The van der Waals surface area contributed by atoms with Crippen LogP contribution in [0.5, 0.6) is 5.75 Å². The van der Waals surface area contributed by atoms with Crippen molar-refractivity contribution < 1.29 is 9.13 Å². The zero-order valence-electron chi connectivity index (χ0n) is 9.63. The van der Waals surface area contributed by atoms with E-state index in [2.05, 4.69) is 5.32 Å². The molecule has 1 aromatic rings. The quantitative estimate of drug-likeness (QED) is 0.749. The van der Waals surface area contributed by atoms with Gasteiger partial charge in [-0.15, -0.1) is 0 Å². The maximum atomic E-state index is 13.3. The summed E-state index contributed by atoms with van der Waals surface area (Å²) in [6, 6.07) is 5.67. The van der Waals surface area contributed by atoms with Crippen LogP contribution in [0.1, 0.15) is 24.8 Å². The van der Waals surface area contributed by atoms with E-state index in [-0.39, 0.29) is 5.82 Å². The molecule has 2 rings (SSSR count). The molecule has 0 amide bonds. The van der Waals surface area contributed by atoms with Crippen molar-refractivity contribution >= 4 is 0 Å². The topological polar surface area (TPSA) is 21.3 Å². The third-order valence-electron chi connectivity index (χ3n) is 2.68. The van der Waals surface area contributed by atoms with Gasteiger partial charge < -0.3 is 10.1 Å². The fourth-order valence-corrected chi connectivity index (χ4v) is 1.57. The Morgan fingerprint density at radius 1 is 1.44 bits per heavy atom. The Labute approximate surface area is 95.8 Å². The average Bonchev–Trinajstić information content (AvgIpc) is 3.06. The molecule has 0 bridgehead atoms. The molecular formula is C13H18FNO. The minimum Gasteiger partial charge on any atom is -0.490 e. The van der Waals surface area contributed by atoms with Crippen LogP contribution in [0.2, 0.25) is 0 Å². The first kappa shape index (κ1) is 11.4. The molecular weight excluding hydrogens is 205 g/mol. The van der Waals surface area contributed by atoms with Crippen molar-refractivity contribution in [1.82, 2.24) is 5.32 Å². The van der Waals surface area contributed by atoms with Crippen LogP contribution < -0.4 is 10.1 Å². The predicted molar refractivity (Wildman–Crippen MR) is 62.3 cm³/mol. The molecule has 3 heteroatoms. The van der Waals surface area contributed by atoms with E-state index in [0.717, 1.165) is 24.6 Å². The molecule has 0 unspecified atom stereocenters. The van der Waals surface area contributed by atoms with Gasteiger partial charge in [-0.1, -0.05) is 6.07 Å². The summed E-state index contributed by atoms with van der Waals surface area (Å²) in [5.41, 5.74) is 1.02. The van der Waals surface area contributed by atoms with Crippen molar-refractivity contribution in [3.05, 3.63) is 29.6 Å². The maximum Gasteiger partial charge on any atom is 0.165 e. The number of ether oxygens (including phenoxy) is 1. The van der Waals surface area contributed by atoms with Crippen LogP contribution in [0, 0.1) is 12.7 Å². The first-order chi connectivity index (χ1) is 7.75. The van der Waals surface area contributed by atoms with Gasteiger partial charge in [0.2, 0.25) is 0 Å². The molecule has 0 radical (unpaired) electrons. The number of rotatable bonds is 6. The van der Waals surface area contributed by atoms with Gasteiger partial charge in [0.1, 0.15) is 0 Å². The van der Waals surface area contributed by atoms with E-state index < -0.39 is 0 Å². The highest BCUT2D eigenvalue weighted by Gasteiger charge is 2.19. The van der Waals surface area contributed by atoms with E-state index in [1.807, 2.05) is 6.92 Å². The lowest BCUT2D eigenvalue weighted by molar-refractivity contribution is 0.293. The first-order valence-electron chi connectivity index (χ1n) is 5.88. The summed E-state index contributed by atoms with van der Waals surface area (Å²) in [6.45, 7) is 3.46. The number of aryl methyl sites for hydroxylation is 1. The van der Waals surface area contributed by atoms with Crippen LogP contribution in [0.4, 0.5) is 4.39 Å². The molecule has 1 aliphatic rings. The third-order valence-corrected chi connectivity index (χ3v) is 2.68. The molecule has 0 aromatic heterocycles. The van der Waals surface area contributed by atoms with E-state index in [9.17, 15) is 4.39 Å². The summed E-state index contributed by atoms with van der Waals surface area (Å²) >= 11 is 0. The van der Waals surface area contributed by atoms with Crippen molar-refractivity contribution in [3.63, 3.8) is 0 Å². The highest BCUT2D eigenvalue weighted by atomic mass is 19.1. The van der Waals surface area contributed by atoms with Gasteiger partial charge in [0.15, 0.2) is 11.6 Å². The second-order valence-corrected chi connectivity index (χ2v) is 4.36. The molecule has 1 aromatic carbocycles. The van der Waals surface area contributed by atoms with Crippen LogP contribution in [0.15, 0.2) is 18.2 Å². The number of hydrogen-bond donors (Lipinski definition) is 1. The molecule has 1 fully saturated rings. The largest absolute Gasteiger partial charge is 0.490 e. The Morgan fingerprint density at radius 3 is 3.00 bits per heavy atom. The van der Waals surface area contributed by atoms with E-state index >= 15 is 0 Å². The standard InChI is InChI=1S/C13H18FNO/c1-10-3-6-12(14)13(9-10)16-8-2-7-15-11-4-5-11/h3,6,9,11,15H,2,4-5,7-8H2,1H3. The lowest BCUT2D eigenvalue weighted by Crippen LogP contribution is -2.19. The Morgan fingerprint density at radius 2 is 2.25 bits per heavy atom. The summed E-state index contributed by atoms with van der Waals surface area (Å²) < 4.78 is 18.7. The second-order valence-electron chi connectivity index (χ2n) is 4.36.